The predicted octanol–water partition coefficient (Wildman–Crippen LogP) is 2.70. The fourth-order valence-electron chi connectivity index (χ4n) is 3.86. The molecule has 2 fully saturated rings. The summed E-state index contributed by atoms with van der Waals surface area (Å²) >= 11 is 1.48. The van der Waals surface area contributed by atoms with Crippen molar-refractivity contribution >= 4 is 17.2 Å². The smallest absolute Gasteiger partial charge is 0.273 e. The number of piperidine rings is 1. The fraction of sp³-hybridized carbons (Fsp3) is 0.529. The molecular formula is C17H21N3O2S. The zero-order chi connectivity index (χ0) is 15.9. The lowest BCUT2D eigenvalue weighted by molar-refractivity contribution is -0.0886. The average molecular weight is 331 g/mol. The van der Waals surface area contributed by atoms with Crippen LogP contribution in [-0.4, -0.2) is 44.2 Å². The van der Waals surface area contributed by atoms with E-state index in [1.807, 2.05) is 39.4 Å². The second-order valence-corrected chi connectivity index (χ2v) is 7.49. The van der Waals surface area contributed by atoms with E-state index in [2.05, 4.69) is 4.98 Å². The van der Waals surface area contributed by atoms with Gasteiger partial charge in [0.05, 0.1) is 5.60 Å². The normalized spacial score (nSPS) is 27.7. The number of hydrogen-bond donors (Lipinski definition) is 1. The van der Waals surface area contributed by atoms with Gasteiger partial charge in [-0.15, -0.1) is 11.3 Å². The number of thiazole rings is 1. The topological polar surface area (TPSA) is 58.4 Å². The number of rotatable bonds is 2. The molecule has 0 unspecified atom stereocenters. The Morgan fingerprint density at radius 2 is 2.13 bits per heavy atom. The number of hydrogen-bond acceptors (Lipinski definition) is 4. The van der Waals surface area contributed by atoms with Gasteiger partial charge in [-0.3, -0.25) is 4.79 Å². The lowest BCUT2D eigenvalue weighted by atomic mass is 9.71. The van der Waals surface area contributed by atoms with E-state index >= 15 is 0 Å². The van der Waals surface area contributed by atoms with Crippen LogP contribution >= 0.6 is 11.3 Å². The van der Waals surface area contributed by atoms with Gasteiger partial charge < -0.3 is 14.6 Å². The highest BCUT2D eigenvalue weighted by Crippen LogP contribution is 2.40. The van der Waals surface area contributed by atoms with Crippen molar-refractivity contribution in [3.63, 3.8) is 0 Å². The summed E-state index contributed by atoms with van der Waals surface area (Å²) in [5.74, 6) is 0.212. The molecule has 2 aromatic rings. The quantitative estimate of drug-likeness (QED) is 0.920. The van der Waals surface area contributed by atoms with Crippen LogP contribution < -0.4 is 0 Å². The van der Waals surface area contributed by atoms with Crippen molar-refractivity contribution in [2.75, 3.05) is 13.1 Å². The van der Waals surface area contributed by atoms with Crippen LogP contribution in [0.1, 0.15) is 42.6 Å². The average Bonchev–Trinajstić information content (AvgIpc) is 3.24. The first-order valence-corrected chi connectivity index (χ1v) is 9.14. The van der Waals surface area contributed by atoms with Crippen LogP contribution in [0.5, 0.6) is 0 Å². The Kier molecular flexibility index (Phi) is 3.73. The van der Waals surface area contributed by atoms with E-state index in [0.29, 0.717) is 25.2 Å². The second-order valence-electron chi connectivity index (χ2n) is 6.65. The summed E-state index contributed by atoms with van der Waals surface area (Å²) in [5.41, 5.74) is -0.0344. The van der Waals surface area contributed by atoms with Gasteiger partial charge >= 0.3 is 0 Å². The molecule has 0 spiro atoms. The van der Waals surface area contributed by atoms with Gasteiger partial charge in [0.1, 0.15) is 5.69 Å². The van der Waals surface area contributed by atoms with Crippen LogP contribution in [0.3, 0.4) is 0 Å². The molecular weight excluding hydrogens is 310 g/mol. The van der Waals surface area contributed by atoms with Gasteiger partial charge in [0.2, 0.25) is 0 Å². The Hall–Kier alpha value is -1.66. The maximum absolute atomic E-state index is 12.7. The standard InChI is InChI=1S/C17H21N3O2S/c21-15(14-12-23-16(18-14)19-8-3-4-9-19)20-10-7-17(22)6-2-1-5-13(17)11-20/h3-4,8-9,12-13,22H,1-2,5-7,10-11H2/t13-,17-/m0/s1. The van der Waals surface area contributed by atoms with E-state index in [4.69, 9.17) is 0 Å². The first-order chi connectivity index (χ1) is 11.2. The van der Waals surface area contributed by atoms with Crippen molar-refractivity contribution in [1.29, 1.82) is 0 Å². The SMILES string of the molecule is O=C(c1csc(-n2cccc2)n1)N1CC[C@@]2(O)CCCC[C@H]2C1. The van der Waals surface area contributed by atoms with Crippen LogP contribution in [0.15, 0.2) is 29.9 Å². The van der Waals surface area contributed by atoms with Crippen molar-refractivity contribution in [2.45, 2.75) is 37.7 Å². The molecule has 1 saturated carbocycles. The lowest BCUT2D eigenvalue weighted by Crippen LogP contribution is -2.54. The highest BCUT2D eigenvalue weighted by Gasteiger charge is 2.44. The number of carbonyl (C=O) groups is 1. The summed E-state index contributed by atoms with van der Waals surface area (Å²) in [6, 6.07) is 3.88. The molecule has 3 heterocycles. The third-order valence-corrected chi connectivity index (χ3v) is 6.11. The summed E-state index contributed by atoms with van der Waals surface area (Å²) in [5, 5.41) is 13.4. The number of aromatic nitrogens is 2. The van der Waals surface area contributed by atoms with Crippen LogP contribution in [0.2, 0.25) is 0 Å². The maximum Gasteiger partial charge on any atom is 0.273 e. The van der Waals surface area contributed by atoms with Crippen molar-refractivity contribution in [3.05, 3.63) is 35.6 Å². The van der Waals surface area contributed by atoms with Crippen LogP contribution in [0.25, 0.3) is 5.13 Å². The number of aliphatic hydroxyl groups is 1. The molecule has 0 bridgehead atoms. The number of nitrogens with zero attached hydrogens (tertiary/aromatic N) is 3. The summed E-state index contributed by atoms with van der Waals surface area (Å²) in [7, 11) is 0. The molecule has 0 aromatic carbocycles. The molecule has 1 amide bonds. The summed E-state index contributed by atoms with van der Waals surface area (Å²) in [4.78, 5) is 19.1. The van der Waals surface area contributed by atoms with Crippen LogP contribution in [0, 0.1) is 5.92 Å². The molecule has 5 nitrogen and oxygen atoms in total. The Labute approximate surface area is 139 Å². The molecule has 4 rings (SSSR count). The first kappa shape index (κ1) is 14.9. The maximum atomic E-state index is 12.7. The molecule has 6 heteroatoms. The number of likely N-dealkylation sites (tertiary alicyclic amines) is 1. The highest BCUT2D eigenvalue weighted by molar-refractivity contribution is 7.12. The summed E-state index contributed by atoms with van der Waals surface area (Å²) < 4.78 is 1.91. The molecule has 2 atom stereocenters. The lowest BCUT2D eigenvalue weighted by Gasteiger charge is -2.47. The van der Waals surface area contributed by atoms with Crippen molar-refractivity contribution in [3.8, 4) is 5.13 Å². The van der Waals surface area contributed by atoms with E-state index < -0.39 is 5.60 Å². The van der Waals surface area contributed by atoms with Gasteiger partial charge in [0.15, 0.2) is 5.13 Å². The van der Waals surface area contributed by atoms with Gasteiger partial charge in [-0.25, -0.2) is 4.98 Å². The van der Waals surface area contributed by atoms with Gasteiger partial charge in [0.25, 0.3) is 5.91 Å². The molecule has 2 aliphatic rings. The summed E-state index contributed by atoms with van der Waals surface area (Å²) in [6.07, 6.45) is 8.71. The Morgan fingerprint density at radius 3 is 2.96 bits per heavy atom. The predicted molar refractivity (Wildman–Crippen MR) is 88.9 cm³/mol. The number of fused-ring (bicyclic) bond motifs is 1. The third kappa shape index (κ3) is 2.70. The van der Waals surface area contributed by atoms with Crippen molar-refractivity contribution in [2.24, 2.45) is 5.92 Å². The number of carbonyl (C=O) groups excluding carboxylic acids is 1. The van der Waals surface area contributed by atoms with Crippen LogP contribution in [-0.2, 0) is 0 Å². The fourth-order valence-corrected chi connectivity index (χ4v) is 4.63. The Bertz CT molecular complexity index is 697. The highest BCUT2D eigenvalue weighted by atomic mass is 32.1. The zero-order valence-corrected chi connectivity index (χ0v) is 13.8. The van der Waals surface area contributed by atoms with Gasteiger partial charge in [-0.05, 0) is 31.4 Å². The Balaban J connectivity index is 1.49. The Morgan fingerprint density at radius 1 is 1.30 bits per heavy atom. The zero-order valence-electron chi connectivity index (χ0n) is 13.0. The van der Waals surface area contributed by atoms with E-state index in [1.54, 1.807) is 0 Å². The third-order valence-electron chi connectivity index (χ3n) is 5.25. The van der Waals surface area contributed by atoms with E-state index in [0.717, 1.165) is 30.8 Å². The largest absolute Gasteiger partial charge is 0.389 e. The van der Waals surface area contributed by atoms with E-state index in [9.17, 15) is 9.90 Å². The summed E-state index contributed by atoms with van der Waals surface area (Å²) in [6.45, 7) is 1.29. The minimum absolute atomic E-state index is 0.00715. The molecule has 2 aromatic heterocycles. The number of amides is 1. The van der Waals surface area contributed by atoms with E-state index in [1.165, 1.54) is 11.3 Å². The van der Waals surface area contributed by atoms with Crippen LogP contribution in [0.4, 0.5) is 0 Å². The minimum atomic E-state index is -0.548. The molecule has 1 aliphatic carbocycles. The molecule has 1 aliphatic heterocycles. The molecule has 23 heavy (non-hydrogen) atoms. The first-order valence-electron chi connectivity index (χ1n) is 8.26. The van der Waals surface area contributed by atoms with Gasteiger partial charge in [-0.2, -0.15) is 0 Å². The van der Waals surface area contributed by atoms with Crippen molar-refractivity contribution in [1.82, 2.24) is 14.5 Å². The van der Waals surface area contributed by atoms with Gasteiger partial charge in [0, 0.05) is 36.8 Å². The molecule has 122 valence electrons. The molecule has 0 radical (unpaired) electrons. The van der Waals surface area contributed by atoms with Gasteiger partial charge in [-0.1, -0.05) is 12.8 Å². The van der Waals surface area contributed by atoms with E-state index in [-0.39, 0.29) is 11.8 Å². The molecule has 1 N–H and O–H groups in total. The molecule has 1 saturated heterocycles. The minimum Gasteiger partial charge on any atom is -0.389 e. The second kappa shape index (κ2) is 5.76. The van der Waals surface area contributed by atoms with Crippen molar-refractivity contribution < 1.29 is 9.90 Å². The monoisotopic (exact) mass is 331 g/mol.